The maximum absolute atomic E-state index is 12.5. The van der Waals surface area contributed by atoms with Crippen molar-refractivity contribution in [1.29, 1.82) is 0 Å². The third-order valence-electron chi connectivity index (χ3n) is 3.41. The summed E-state index contributed by atoms with van der Waals surface area (Å²) in [6, 6.07) is 9.77. The number of aromatic nitrogens is 3. The van der Waals surface area contributed by atoms with Gasteiger partial charge in [0.05, 0.1) is 17.1 Å². The molecule has 1 N–H and O–H groups in total. The number of pyridine rings is 1. The fourth-order valence-corrected chi connectivity index (χ4v) is 2.28. The molecule has 106 valence electrons. The molecule has 0 radical (unpaired) electrons. The van der Waals surface area contributed by atoms with E-state index in [2.05, 4.69) is 15.0 Å². The van der Waals surface area contributed by atoms with Crippen LogP contribution in [0.15, 0.2) is 47.5 Å². The number of nitrogens with zero attached hydrogens (tertiary/aromatic N) is 2. The largest absolute Gasteiger partial charge is 0.310 e. The first-order chi connectivity index (χ1) is 9.97. The van der Waals surface area contributed by atoms with Gasteiger partial charge < -0.3 is 4.98 Å². The molecule has 2 heterocycles. The van der Waals surface area contributed by atoms with Crippen LogP contribution in [0.1, 0.15) is 26.6 Å². The second-order valence-electron chi connectivity index (χ2n) is 6.11. The minimum Gasteiger partial charge on any atom is -0.310 e. The molecule has 0 amide bonds. The maximum atomic E-state index is 12.5. The lowest BCUT2D eigenvalue weighted by Gasteiger charge is -2.17. The first-order valence-corrected chi connectivity index (χ1v) is 6.91. The van der Waals surface area contributed by atoms with Gasteiger partial charge in [0.1, 0.15) is 5.82 Å². The topological polar surface area (TPSA) is 58.6 Å². The molecule has 0 aliphatic carbocycles. The molecule has 0 bridgehead atoms. The number of H-pyrrole nitrogens is 1. The molecule has 0 saturated heterocycles. The fourth-order valence-electron chi connectivity index (χ4n) is 2.28. The highest BCUT2D eigenvalue weighted by Crippen LogP contribution is 2.25. The molecule has 0 aliphatic heterocycles. The van der Waals surface area contributed by atoms with Gasteiger partial charge in [-0.25, -0.2) is 4.98 Å². The number of hydrogen-bond donors (Lipinski definition) is 1. The lowest BCUT2D eigenvalue weighted by atomic mass is 9.95. The van der Waals surface area contributed by atoms with Gasteiger partial charge in [0, 0.05) is 17.2 Å². The maximum Gasteiger partial charge on any atom is 0.259 e. The summed E-state index contributed by atoms with van der Waals surface area (Å²) in [7, 11) is 0. The average molecular weight is 279 g/mol. The second kappa shape index (κ2) is 4.81. The first-order valence-electron chi connectivity index (χ1n) is 6.91. The van der Waals surface area contributed by atoms with E-state index in [1.165, 1.54) is 0 Å². The van der Waals surface area contributed by atoms with E-state index in [4.69, 9.17) is 0 Å². The van der Waals surface area contributed by atoms with Crippen molar-refractivity contribution in [1.82, 2.24) is 15.0 Å². The van der Waals surface area contributed by atoms with E-state index in [1.807, 2.05) is 51.1 Å². The molecule has 0 fully saturated rings. The summed E-state index contributed by atoms with van der Waals surface area (Å²) in [6.45, 7) is 6.06. The van der Waals surface area contributed by atoms with E-state index < -0.39 is 0 Å². The van der Waals surface area contributed by atoms with Gasteiger partial charge in [-0.2, -0.15) is 0 Å². The van der Waals surface area contributed by atoms with Crippen LogP contribution in [0.25, 0.3) is 22.0 Å². The van der Waals surface area contributed by atoms with Gasteiger partial charge in [0.2, 0.25) is 0 Å². The third-order valence-corrected chi connectivity index (χ3v) is 3.41. The van der Waals surface area contributed by atoms with E-state index in [9.17, 15) is 4.79 Å². The lowest BCUT2D eigenvalue weighted by Crippen LogP contribution is -2.22. The summed E-state index contributed by atoms with van der Waals surface area (Å²) in [6.07, 6.45) is 3.36. The normalized spacial score (nSPS) is 11.8. The van der Waals surface area contributed by atoms with E-state index >= 15 is 0 Å². The highest BCUT2D eigenvalue weighted by molar-refractivity contribution is 5.92. The van der Waals surface area contributed by atoms with Crippen LogP contribution >= 0.6 is 0 Å². The van der Waals surface area contributed by atoms with Gasteiger partial charge in [-0.1, -0.05) is 51.1 Å². The van der Waals surface area contributed by atoms with Gasteiger partial charge in [-0.05, 0) is 5.56 Å². The molecular formula is C17H17N3O. The molecule has 3 aromatic rings. The van der Waals surface area contributed by atoms with Crippen LogP contribution in [0.5, 0.6) is 0 Å². The fraction of sp³-hybridized carbons (Fsp3) is 0.235. The summed E-state index contributed by atoms with van der Waals surface area (Å²) in [5, 5.41) is 0.587. The minimum atomic E-state index is -0.212. The molecule has 4 heteroatoms. The molecule has 0 unspecified atom stereocenters. The Labute approximate surface area is 122 Å². The van der Waals surface area contributed by atoms with Gasteiger partial charge in [0.25, 0.3) is 5.56 Å². The van der Waals surface area contributed by atoms with Crippen molar-refractivity contribution in [3.63, 3.8) is 0 Å². The highest BCUT2D eigenvalue weighted by atomic mass is 16.1. The molecule has 2 aromatic heterocycles. The molecule has 0 aliphatic rings. The SMILES string of the molecule is CC(C)(C)c1nc2cncc(-c3ccccc3)c2c(=O)[nH]1. The van der Waals surface area contributed by atoms with Crippen LogP contribution in [0.4, 0.5) is 0 Å². The Hall–Kier alpha value is -2.49. The molecule has 4 nitrogen and oxygen atoms in total. The monoisotopic (exact) mass is 279 g/mol. The van der Waals surface area contributed by atoms with Crippen molar-refractivity contribution in [3.05, 3.63) is 58.9 Å². The molecule has 1 aromatic carbocycles. The summed E-state index contributed by atoms with van der Waals surface area (Å²) in [4.78, 5) is 24.2. The Bertz CT molecular complexity index is 845. The Balaban J connectivity index is 2.33. The van der Waals surface area contributed by atoms with Crippen LogP contribution in [0.3, 0.4) is 0 Å². The quantitative estimate of drug-likeness (QED) is 0.743. The van der Waals surface area contributed by atoms with E-state index in [0.717, 1.165) is 11.1 Å². The number of benzene rings is 1. The van der Waals surface area contributed by atoms with E-state index in [0.29, 0.717) is 16.7 Å². The summed E-state index contributed by atoms with van der Waals surface area (Å²) in [5.41, 5.74) is 2.07. The van der Waals surface area contributed by atoms with Gasteiger partial charge in [-0.15, -0.1) is 0 Å². The van der Waals surface area contributed by atoms with Crippen molar-refractivity contribution < 1.29 is 0 Å². The van der Waals surface area contributed by atoms with Crippen LogP contribution in [0, 0.1) is 0 Å². The smallest absolute Gasteiger partial charge is 0.259 e. The number of hydrogen-bond acceptors (Lipinski definition) is 3. The van der Waals surface area contributed by atoms with E-state index in [-0.39, 0.29) is 11.0 Å². The molecule has 0 spiro atoms. The second-order valence-corrected chi connectivity index (χ2v) is 6.11. The molecule has 0 saturated carbocycles. The predicted molar refractivity (Wildman–Crippen MR) is 84.3 cm³/mol. The number of nitrogens with one attached hydrogen (secondary N) is 1. The zero-order valence-corrected chi connectivity index (χ0v) is 12.3. The summed E-state index contributed by atoms with van der Waals surface area (Å²) < 4.78 is 0. The van der Waals surface area contributed by atoms with Crippen molar-refractivity contribution in [2.75, 3.05) is 0 Å². The van der Waals surface area contributed by atoms with Gasteiger partial charge in [0.15, 0.2) is 0 Å². The van der Waals surface area contributed by atoms with Crippen LogP contribution < -0.4 is 5.56 Å². The van der Waals surface area contributed by atoms with Crippen molar-refractivity contribution in [3.8, 4) is 11.1 Å². The summed E-state index contributed by atoms with van der Waals surface area (Å²) >= 11 is 0. The van der Waals surface area contributed by atoms with E-state index in [1.54, 1.807) is 12.4 Å². The standard InChI is InChI=1S/C17H17N3O/c1-17(2,3)16-19-13-10-18-9-12(14(13)15(21)20-16)11-7-5-4-6-8-11/h4-10H,1-3H3,(H,19,20,21). The number of aromatic amines is 1. The van der Waals surface area contributed by atoms with Crippen molar-refractivity contribution in [2.24, 2.45) is 0 Å². The minimum absolute atomic E-state index is 0.119. The van der Waals surface area contributed by atoms with Crippen LogP contribution in [-0.4, -0.2) is 15.0 Å². The van der Waals surface area contributed by atoms with Gasteiger partial charge >= 0.3 is 0 Å². The lowest BCUT2D eigenvalue weighted by molar-refractivity contribution is 0.546. The zero-order chi connectivity index (χ0) is 15.0. The Morgan fingerprint density at radius 3 is 2.43 bits per heavy atom. The molecular weight excluding hydrogens is 262 g/mol. The molecule has 0 atom stereocenters. The summed E-state index contributed by atoms with van der Waals surface area (Å²) in [5.74, 6) is 0.673. The zero-order valence-electron chi connectivity index (χ0n) is 12.3. The Morgan fingerprint density at radius 2 is 1.76 bits per heavy atom. The van der Waals surface area contributed by atoms with Crippen molar-refractivity contribution >= 4 is 10.9 Å². The number of fused-ring (bicyclic) bond motifs is 1. The predicted octanol–water partition coefficient (Wildman–Crippen LogP) is 3.28. The van der Waals surface area contributed by atoms with Crippen LogP contribution in [0.2, 0.25) is 0 Å². The third kappa shape index (κ3) is 2.44. The molecule has 3 rings (SSSR count). The van der Waals surface area contributed by atoms with Gasteiger partial charge in [-0.3, -0.25) is 9.78 Å². The average Bonchev–Trinajstić information content (AvgIpc) is 2.46. The highest BCUT2D eigenvalue weighted by Gasteiger charge is 2.19. The Kier molecular flexibility index (Phi) is 3.09. The van der Waals surface area contributed by atoms with Crippen LogP contribution in [-0.2, 0) is 5.41 Å². The number of rotatable bonds is 1. The first kappa shape index (κ1) is 13.5. The molecule has 21 heavy (non-hydrogen) atoms. The van der Waals surface area contributed by atoms with Crippen molar-refractivity contribution in [2.45, 2.75) is 26.2 Å². The Morgan fingerprint density at radius 1 is 1.05 bits per heavy atom.